The first-order valence-electron chi connectivity index (χ1n) is 8.78. The molecule has 122 valence electrons. The summed E-state index contributed by atoms with van der Waals surface area (Å²) in [6.07, 6.45) is 6.42. The molecule has 0 radical (unpaired) electrons. The Hall–Kier alpha value is -0.570. The molecule has 0 amide bonds. The van der Waals surface area contributed by atoms with Gasteiger partial charge in [-0.2, -0.15) is 0 Å². The van der Waals surface area contributed by atoms with Crippen molar-refractivity contribution >= 4 is 11.6 Å². The molecule has 1 aliphatic heterocycles. The van der Waals surface area contributed by atoms with Crippen molar-refractivity contribution < 1.29 is 0 Å². The second kappa shape index (κ2) is 6.90. The predicted octanol–water partition coefficient (Wildman–Crippen LogP) is 4.59. The van der Waals surface area contributed by atoms with Gasteiger partial charge in [-0.15, -0.1) is 0 Å². The summed E-state index contributed by atoms with van der Waals surface area (Å²) < 4.78 is 0. The summed E-state index contributed by atoms with van der Waals surface area (Å²) in [4.78, 5) is 2.42. The van der Waals surface area contributed by atoms with E-state index < -0.39 is 0 Å². The van der Waals surface area contributed by atoms with Gasteiger partial charge in [-0.1, -0.05) is 43.5 Å². The molecule has 1 heterocycles. The Kier molecular flexibility index (Phi) is 5.11. The van der Waals surface area contributed by atoms with E-state index in [0.29, 0.717) is 17.9 Å². The van der Waals surface area contributed by atoms with E-state index in [1.807, 2.05) is 0 Å². The Morgan fingerprint density at radius 3 is 2.55 bits per heavy atom. The largest absolute Gasteiger partial charge is 0.330 e. The monoisotopic (exact) mass is 320 g/mol. The highest BCUT2D eigenvalue weighted by molar-refractivity contribution is 6.31. The number of rotatable bonds is 3. The highest BCUT2D eigenvalue weighted by Gasteiger charge is 2.30. The molecule has 1 aromatic rings. The zero-order valence-electron chi connectivity index (χ0n) is 13.9. The van der Waals surface area contributed by atoms with Gasteiger partial charge in [0.05, 0.1) is 0 Å². The first-order chi connectivity index (χ1) is 10.6. The van der Waals surface area contributed by atoms with Gasteiger partial charge < -0.3 is 5.73 Å². The summed E-state index contributed by atoms with van der Waals surface area (Å²) in [6, 6.07) is 7.29. The number of benzene rings is 1. The van der Waals surface area contributed by atoms with Crippen LogP contribution in [0.25, 0.3) is 0 Å². The number of nitrogens with two attached hydrogens (primary N) is 1. The summed E-state index contributed by atoms with van der Waals surface area (Å²) in [7, 11) is 2.20. The van der Waals surface area contributed by atoms with Crippen molar-refractivity contribution in [3.63, 3.8) is 0 Å². The minimum Gasteiger partial charge on any atom is -0.330 e. The number of nitrogens with zero attached hydrogens (tertiary/aromatic N) is 1. The van der Waals surface area contributed by atoms with Gasteiger partial charge in [-0.3, -0.25) is 4.90 Å². The fraction of sp³-hybridized carbons (Fsp3) is 0.684. The molecule has 1 saturated heterocycles. The van der Waals surface area contributed by atoms with Crippen LogP contribution in [0.1, 0.15) is 62.1 Å². The highest BCUT2D eigenvalue weighted by atomic mass is 35.5. The molecule has 1 saturated carbocycles. The zero-order valence-corrected chi connectivity index (χ0v) is 14.6. The normalized spacial score (nSPS) is 33.3. The number of hydrogen-bond acceptors (Lipinski definition) is 2. The van der Waals surface area contributed by atoms with Gasteiger partial charge >= 0.3 is 0 Å². The topological polar surface area (TPSA) is 29.3 Å². The van der Waals surface area contributed by atoms with Crippen molar-refractivity contribution in [2.45, 2.75) is 51.0 Å². The fourth-order valence-electron chi connectivity index (χ4n) is 4.32. The lowest BCUT2D eigenvalue weighted by Crippen LogP contribution is -2.20. The van der Waals surface area contributed by atoms with E-state index in [4.69, 9.17) is 17.3 Å². The average Bonchev–Trinajstić information content (AvgIpc) is 2.89. The minimum absolute atomic E-state index is 0.478. The molecule has 2 N–H and O–H groups in total. The molecule has 2 unspecified atom stereocenters. The van der Waals surface area contributed by atoms with E-state index in [1.54, 1.807) is 0 Å². The van der Waals surface area contributed by atoms with Gasteiger partial charge in [0.25, 0.3) is 0 Å². The fourth-order valence-corrected chi connectivity index (χ4v) is 4.66. The molecule has 3 rings (SSSR count). The number of hydrogen-bond donors (Lipinski definition) is 1. The third-order valence-electron chi connectivity index (χ3n) is 5.83. The molecular formula is C19H29ClN2. The van der Waals surface area contributed by atoms with Crippen LogP contribution in [0.3, 0.4) is 0 Å². The van der Waals surface area contributed by atoms with Crippen molar-refractivity contribution in [2.75, 3.05) is 20.1 Å². The third kappa shape index (κ3) is 3.34. The maximum atomic E-state index is 6.65. The van der Waals surface area contributed by atoms with Crippen LogP contribution in [0.15, 0.2) is 18.2 Å². The first-order valence-corrected chi connectivity index (χ1v) is 9.16. The second-order valence-electron chi connectivity index (χ2n) is 7.53. The Morgan fingerprint density at radius 2 is 1.95 bits per heavy atom. The van der Waals surface area contributed by atoms with Crippen molar-refractivity contribution in [2.24, 2.45) is 17.6 Å². The van der Waals surface area contributed by atoms with E-state index in [-0.39, 0.29) is 0 Å². The second-order valence-corrected chi connectivity index (χ2v) is 7.94. The van der Waals surface area contributed by atoms with E-state index >= 15 is 0 Å². The lowest BCUT2D eigenvalue weighted by molar-refractivity contribution is 0.313. The minimum atomic E-state index is 0.478. The SMILES string of the molecule is CC1CCC(c2ccc(C3CC(CN)CN3C)cc2Cl)CC1. The third-order valence-corrected chi connectivity index (χ3v) is 6.16. The molecule has 3 heteroatoms. The van der Waals surface area contributed by atoms with Crippen molar-refractivity contribution in [1.82, 2.24) is 4.90 Å². The zero-order chi connectivity index (χ0) is 15.7. The van der Waals surface area contributed by atoms with Crippen LogP contribution in [0.5, 0.6) is 0 Å². The van der Waals surface area contributed by atoms with Crippen LogP contribution in [0, 0.1) is 11.8 Å². The van der Waals surface area contributed by atoms with E-state index in [9.17, 15) is 0 Å². The molecule has 1 aromatic carbocycles. The van der Waals surface area contributed by atoms with Crippen molar-refractivity contribution in [1.29, 1.82) is 0 Å². The molecule has 2 fully saturated rings. The van der Waals surface area contributed by atoms with Crippen LogP contribution in [-0.4, -0.2) is 25.0 Å². The Balaban J connectivity index is 1.75. The van der Waals surface area contributed by atoms with E-state index in [2.05, 4.69) is 37.1 Å². The van der Waals surface area contributed by atoms with E-state index in [1.165, 1.54) is 36.8 Å². The summed E-state index contributed by atoms with van der Waals surface area (Å²) in [5.74, 6) is 2.17. The van der Waals surface area contributed by atoms with Crippen LogP contribution < -0.4 is 5.73 Å². The summed E-state index contributed by atoms with van der Waals surface area (Å²) in [5, 5.41) is 0.974. The van der Waals surface area contributed by atoms with Crippen molar-refractivity contribution in [3.05, 3.63) is 34.3 Å². The molecule has 2 aliphatic rings. The van der Waals surface area contributed by atoms with Gasteiger partial charge in [0, 0.05) is 17.6 Å². The van der Waals surface area contributed by atoms with Crippen LogP contribution >= 0.6 is 11.6 Å². The summed E-state index contributed by atoms with van der Waals surface area (Å²) in [5.41, 5.74) is 8.57. The lowest BCUT2D eigenvalue weighted by atomic mass is 9.79. The average molecular weight is 321 g/mol. The Bertz CT molecular complexity index is 508. The van der Waals surface area contributed by atoms with E-state index in [0.717, 1.165) is 30.5 Å². The molecular weight excluding hydrogens is 292 g/mol. The van der Waals surface area contributed by atoms with Crippen molar-refractivity contribution in [3.8, 4) is 0 Å². The molecule has 2 nitrogen and oxygen atoms in total. The summed E-state index contributed by atoms with van der Waals surface area (Å²) >= 11 is 6.65. The molecule has 0 bridgehead atoms. The molecule has 22 heavy (non-hydrogen) atoms. The molecule has 2 atom stereocenters. The van der Waals surface area contributed by atoms with Gasteiger partial charge in [-0.25, -0.2) is 0 Å². The lowest BCUT2D eigenvalue weighted by Gasteiger charge is -2.28. The Morgan fingerprint density at radius 1 is 1.23 bits per heavy atom. The maximum Gasteiger partial charge on any atom is 0.0444 e. The van der Waals surface area contributed by atoms with Crippen LogP contribution in [0.2, 0.25) is 5.02 Å². The quantitative estimate of drug-likeness (QED) is 0.883. The van der Waals surface area contributed by atoms with Gasteiger partial charge in [0.15, 0.2) is 0 Å². The standard InChI is InChI=1S/C19H29ClN2/c1-13-3-5-15(6-4-13)17-8-7-16(10-18(17)20)19-9-14(11-21)12-22(19)2/h7-8,10,13-15,19H,3-6,9,11-12,21H2,1-2H3. The first kappa shape index (κ1) is 16.3. The number of likely N-dealkylation sites (tertiary alicyclic amines) is 1. The number of halogens is 1. The Labute approximate surface area is 140 Å². The van der Waals surface area contributed by atoms with Gasteiger partial charge in [-0.05, 0) is 67.8 Å². The van der Waals surface area contributed by atoms with Gasteiger partial charge in [0.1, 0.15) is 0 Å². The molecule has 0 aromatic heterocycles. The van der Waals surface area contributed by atoms with Crippen LogP contribution in [0.4, 0.5) is 0 Å². The van der Waals surface area contributed by atoms with Crippen LogP contribution in [-0.2, 0) is 0 Å². The highest BCUT2D eigenvalue weighted by Crippen LogP contribution is 2.41. The molecule has 0 spiro atoms. The molecule has 1 aliphatic carbocycles. The smallest absolute Gasteiger partial charge is 0.0444 e. The summed E-state index contributed by atoms with van der Waals surface area (Å²) in [6.45, 7) is 4.25. The maximum absolute atomic E-state index is 6.65. The van der Waals surface area contributed by atoms with Gasteiger partial charge in [0.2, 0.25) is 0 Å². The predicted molar refractivity (Wildman–Crippen MR) is 94.4 cm³/mol.